The topological polar surface area (TPSA) is 72.0 Å². The van der Waals surface area contributed by atoms with E-state index in [4.69, 9.17) is 0 Å². The SMILES string of the molecule is CNc1cc(C(C)C)nc(C(C)S(C)(=O)=O)n1. The first-order chi connectivity index (χ1) is 7.75. The van der Waals surface area contributed by atoms with Crippen molar-refractivity contribution in [2.45, 2.75) is 31.9 Å². The molecule has 0 spiro atoms. The predicted molar refractivity (Wildman–Crippen MR) is 68.9 cm³/mol. The number of nitrogens with one attached hydrogen (secondary N) is 1. The lowest BCUT2D eigenvalue weighted by Crippen LogP contribution is -2.14. The van der Waals surface area contributed by atoms with Crippen molar-refractivity contribution < 1.29 is 8.42 Å². The molecular formula is C11H19N3O2S. The molecule has 0 saturated carbocycles. The van der Waals surface area contributed by atoms with Gasteiger partial charge in [-0.1, -0.05) is 13.8 Å². The van der Waals surface area contributed by atoms with Gasteiger partial charge in [0.2, 0.25) is 0 Å². The van der Waals surface area contributed by atoms with Crippen molar-refractivity contribution in [1.29, 1.82) is 0 Å². The van der Waals surface area contributed by atoms with E-state index in [1.165, 1.54) is 6.26 Å². The third-order valence-corrected chi connectivity index (χ3v) is 4.11. The number of aromatic nitrogens is 2. The van der Waals surface area contributed by atoms with E-state index in [-0.39, 0.29) is 5.92 Å². The molecule has 6 heteroatoms. The van der Waals surface area contributed by atoms with Crippen LogP contribution in [0.5, 0.6) is 0 Å². The molecule has 1 N–H and O–H groups in total. The summed E-state index contributed by atoms with van der Waals surface area (Å²) in [5.41, 5.74) is 0.842. The van der Waals surface area contributed by atoms with Crippen LogP contribution in [-0.2, 0) is 9.84 Å². The monoisotopic (exact) mass is 257 g/mol. The van der Waals surface area contributed by atoms with E-state index < -0.39 is 15.1 Å². The second-order valence-electron chi connectivity index (χ2n) is 4.41. The van der Waals surface area contributed by atoms with Crippen LogP contribution in [0.4, 0.5) is 5.82 Å². The molecule has 0 radical (unpaired) electrons. The Bertz CT molecular complexity index is 497. The minimum absolute atomic E-state index is 0.232. The lowest BCUT2D eigenvalue weighted by Gasteiger charge is -2.13. The first-order valence-electron chi connectivity index (χ1n) is 5.51. The summed E-state index contributed by atoms with van der Waals surface area (Å²) in [6.45, 7) is 5.63. The quantitative estimate of drug-likeness (QED) is 0.889. The maximum atomic E-state index is 11.5. The highest BCUT2D eigenvalue weighted by Crippen LogP contribution is 2.22. The van der Waals surface area contributed by atoms with Crippen LogP contribution in [0.1, 0.15) is 43.5 Å². The van der Waals surface area contributed by atoms with Gasteiger partial charge in [-0.05, 0) is 12.8 Å². The van der Waals surface area contributed by atoms with Gasteiger partial charge < -0.3 is 5.32 Å². The van der Waals surface area contributed by atoms with Gasteiger partial charge in [0.25, 0.3) is 0 Å². The fraction of sp³-hybridized carbons (Fsp3) is 0.636. The Hall–Kier alpha value is -1.17. The normalized spacial score (nSPS) is 13.8. The van der Waals surface area contributed by atoms with E-state index in [9.17, 15) is 8.42 Å². The van der Waals surface area contributed by atoms with Crippen molar-refractivity contribution in [2.75, 3.05) is 18.6 Å². The summed E-state index contributed by atoms with van der Waals surface area (Å²) in [6.07, 6.45) is 1.20. The van der Waals surface area contributed by atoms with Crippen LogP contribution < -0.4 is 5.32 Å². The highest BCUT2D eigenvalue weighted by atomic mass is 32.2. The van der Waals surface area contributed by atoms with Crippen LogP contribution in [0.15, 0.2) is 6.07 Å². The third-order valence-electron chi connectivity index (χ3n) is 2.62. The number of hydrogen-bond acceptors (Lipinski definition) is 5. The zero-order valence-electron chi connectivity index (χ0n) is 10.9. The fourth-order valence-electron chi connectivity index (χ4n) is 1.28. The lowest BCUT2D eigenvalue weighted by molar-refractivity contribution is 0.588. The Kier molecular flexibility index (Phi) is 4.08. The summed E-state index contributed by atoms with van der Waals surface area (Å²) in [5, 5.41) is 2.24. The minimum atomic E-state index is -3.18. The molecule has 1 unspecified atom stereocenters. The Labute approximate surface area is 103 Å². The first-order valence-corrected chi connectivity index (χ1v) is 7.46. The number of anilines is 1. The summed E-state index contributed by atoms with van der Waals surface area (Å²) in [5.74, 6) is 1.23. The van der Waals surface area contributed by atoms with E-state index in [1.54, 1.807) is 14.0 Å². The van der Waals surface area contributed by atoms with Crippen LogP contribution in [0.2, 0.25) is 0 Å². The lowest BCUT2D eigenvalue weighted by atomic mass is 10.1. The van der Waals surface area contributed by atoms with Gasteiger partial charge in [0.05, 0.1) is 0 Å². The van der Waals surface area contributed by atoms with Crippen LogP contribution in [-0.4, -0.2) is 31.7 Å². The van der Waals surface area contributed by atoms with Gasteiger partial charge in [0.1, 0.15) is 16.9 Å². The number of hydrogen-bond donors (Lipinski definition) is 1. The molecular weight excluding hydrogens is 238 g/mol. The molecule has 0 aliphatic carbocycles. The summed E-state index contributed by atoms with van der Waals surface area (Å²) in [7, 11) is -1.42. The van der Waals surface area contributed by atoms with E-state index in [1.807, 2.05) is 19.9 Å². The van der Waals surface area contributed by atoms with Crippen molar-refractivity contribution >= 4 is 15.7 Å². The molecule has 17 heavy (non-hydrogen) atoms. The highest BCUT2D eigenvalue weighted by Gasteiger charge is 2.21. The fourth-order valence-corrected chi connectivity index (χ4v) is 1.77. The first kappa shape index (κ1) is 13.9. The smallest absolute Gasteiger partial charge is 0.157 e. The van der Waals surface area contributed by atoms with Crippen molar-refractivity contribution in [3.63, 3.8) is 0 Å². The zero-order chi connectivity index (χ0) is 13.2. The zero-order valence-corrected chi connectivity index (χ0v) is 11.7. The Morgan fingerprint density at radius 2 is 1.82 bits per heavy atom. The molecule has 96 valence electrons. The molecule has 5 nitrogen and oxygen atoms in total. The van der Waals surface area contributed by atoms with Gasteiger partial charge in [0, 0.05) is 25.1 Å². The molecule has 0 amide bonds. The molecule has 1 atom stereocenters. The van der Waals surface area contributed by atoms with Crippen LogP contribution in [0.25, 0.3) is 0 Å². The summed E-state index contributed by atoms with van der Waals surface area (Å²) in [6, 6.07) is 1.84. The number of nitrogens with zero attached hydrogens (tertiary/aromatic N) is 2. The molecule has 0 saturated heterocycles. The van der Waals surface area contributed by atoms with Crippen molar-refractivity contribution in [3.8, 4) is 0 Å². The second-order valence-corrected chi connectivity index (χ2v) is 6.78. The maximum absolute atomic E-state index is 11.5. The number of rotatable bonds is 4. The minimum Gasteiger partial charge on any atom is -0.373 e. The molecule has 0 fully saturated rings. The van der Waals surface area contributed by atoms with Gasteiger partial charge in [-0.25, -0.2) is 18.4 Å². The molecule has 0 aromatic carbocycles. The maximum Gasteiger partial charge on any atom is 0.157 e. The van der Waals surface area contributed by atoms with Crippen LogP contribution in [0, 0.1) is 0 Å². The van der Waals surface area contributed by atoms with Gasteiger partial charge in [-0.2, -0.15) is 0 Å². The van der Waals surface area contributed by atoms with Crippen LogP contribution in [0.3, 0.4) is 0 Å². The third kappa shape index (κ3) is 3.39. The van der Waals surface area contributed by atoms with E-state index in [2.05, 4.69) is 15.3 Å². The van der Waals surface area contributed by atoms with Crippen molar-refractivity contribution in [1.82, 2.24) is 9.97 Å². The van der Waals surface area contributed by atoms with Gasteiger partial charge in [-0.3, -0.25) is 0 Å². The van der Waals surface area contributed by atoms with Gasteiger partial charge in [-0.15, -0.1) is 0 Å². The van der Waals surface area contributed by atoms with Crippen LogP contribution >= 0.6 is 0 Å². The summed E-state index contributed by atoms with van der Waals surface area (Å²) in [4.78, 5) is 8.52. The molecule has 1 heterocycles. The van der Waals surface area contributed by atoms with E-state index >= 15 is 0 Å². The Balaban J connectivity index is 3.29. The number of sulfone groups is 1. The van der Waals surface area contributed by atoms with E-state index in [0.29, 0.717) is 11.6 Å². The van der Waals surface area contributed by atoms with Crippen molar-refractivity contribution in [2.24, 2.45) is 0 Å². The molecule has 1 aromatic rings. The summed E-state index contributed by atoms with van der Waals surface area (Å²) < 4.78 is 23.0. The highest BCUT2D eigenvalue weighted by molar-refractivity contribution is 7.90. The predicted octanol–water partition coefficient (Wildman–Crippen LogP) is 1.75. The summed E-state index contributed by atoms with van der Waals surface area (Å²) >= 11 is 0. The van der Waals surface area contributed by atoms with Crippen molar-refractivity contribution in [3.05, 3.63) is 17.6 Å². The Morgan fingerprint density at radius 1 is 1.24 bits per heavy atom. The average Bonchev–Trinajstić information content (AvgIpc) is 2.26. The molecule has 1 rings (SSSR count). The average molecular weight is 257 g/mol. The molecule has 1 aromatic heterocycles. The van der Waals surface area contributed by atoms with E-state index in [0.717, 1.165) is 5.69 Å². The van der Waals surface area contributed by atoms with Gasteiger partial charge >= 0.3 is 0 Å². The molecule has 0 aliphatic rings. The molecule has 0 bridgehead atoms. The molecule has 0 aliphatic heterocycles. The second kappa shape index (κ2) is 5.00. The largest absolute Gasteiger partial charge is 0.373 e. The standard InChI is InChI=1S/C11H19N3O2S/c1-7(2)9-6-10(12-4)14-11(13-9)8(3)17(5,15)16/h6-8H,1-5H3,(H,12,13,14). The van der Waals surface area contributed by atoms with Gasteiger partial charge in [0.15, 0.2) is 9.84 Å². The Morgan fingerprint density at radius 3 is 2.24 bits per heavy atom.